The Hall–Kier alpha value is -0.900. The molecule has 0 aromatic heterocycles. The lowest BCUT2D eigenvalue weighted by atomic mass is 10.1. The molecule has 1 fully saturated rings. The van der Waals surface area contributed by atoms with Crippen molar-refractivity contribution in [2.45, 2.75) is 38.8 Å². The smallest absolute Gasteiger partial charge is 0.0198 e. The maximum absolute atomic E-state index is 5.67. The normalized spacial score (nSPS) is 24.9. The van der Waals surface area contributed by atoms with Gasteiger partial charge in [0, 0.05) is 38.3 Å². The first-order valence-corrected chi connectivity index (χ1v) is 7.92. The van der Waals surface area contributed by atoms with Crippen molar-refractivity contribution in [3.63, 3.8) is 0 Å². The largest absolute Gasteiger partial charge is 0.329 e. The zero-order chi connectivity index (χ0) is 14.4. The first-order chi connectivity index (χ1) is 9.70. The van der Waals surface area contributed by atoms with Gasteiger partial charge in [-0.05, 0) is 38.8 Å². The summed E-state index contributed by atoms with van der Waals surface area (Å²) in [4.78, 5) is 5.17. The molecular formula is C17H29N3. The second kappa shape index (κ2) is 7.77. The Kier molecular flexibility index (Phi) is 6.02. The fourth-order valence-corrected chi connectivity index (χ4v) is 3.38. The Morgan fingerprint density at radius 1 is 1.05 bits per heavy atom. The molecule has 0 spiro atoms. The van der Waals surface area contributed by atoms with Crippen molar-refractivity contribution in [2.24, 2.45) is 5.73 Å². The molecule has 2 unspecified atom stereocenters. The zero-order valence-electron chi connectivity index (χ0n) is 13.0. The molecule has 20 heavy (non-hydrogen) atoms. The molecule has 0 saturated carbocycles. The van der Waals surface area contributed by atoms with Crippen LogP contribution < -0.4 is 5.73 Å². The number of hydrogen-bond donors (Lipinski definition) is 1. The fraction of sp³-hybridized carbons (Fsp3) is 0.647. The second-order valence-electron chi connectivity index (χ2n) is 6.07. The van der Waals surface area contributed by atoms with Crippen LogP contribution in [0.1, 0.15) is 25.8 Å². The van der Waals surface area contributed by atoms with Crippen LogP contribution in [0.5, 0.6) is 0 Å². The first kappa shape index (κ1) is 15.5. The monoisotopic (exact) mass is 275 g/mol. The highest BCUT2D eigenvalue weighted by atomic mass is 15.3. The van der Waals surface area contributed by atoms with Gasteiger partial charge in [0.15, 0.2) is 0 Å². The van der Waals surface area contributed by atoms with E-state index in [0.717, 1.165) is 26.2 Å². The van der Waals surface area contributed by atoms with Crippen LogP contribution in [0.15, 0.2) is 30.3 Å². The zero-order valence-corrected chi connectivity index (χ0v) is 13.0. The van der Waals surface area contributed by atoms with Gasteiger partial charge in [0.25, 0.3) is 0 Å². The summed E-state index contributed by atoms with van der Waals surface area (Å²) in [7, 11) is 0. The number of benzene rings is 1. The van der Waals surface area contributed by atoms with Crippen molar-refractivity contribution < 1.29 is 0 Å². The topological polar surface area (TPSA) is 32.5 Å². The minimum absolute atomic E-state index is 0.640. The van der Waals surface area contributed by atoms with Gasteiger partial charge in [-0.3, -0.25) is 9.80 Å². The van der Waals surface area contributed by atoms with Gasteiger partial charge in [0.1, 0.15) is 0 Å². The van der Waals surface area contributed by atoms with Crippen LogP contribution in [-0.4, -0.2) is 54.6 Å². The predicted octanol–water partition coefficient (Wildman–Crippen LogP) is 1.97. The van der Waals surface area contributed by atoms with Crippen LogP contribution in [0, 0.1) is 0 Å². The highest BCUT2D eigenvalue weighted by Gasteiger charge is 2.28. The number of nitrogens with zero attached hydrogens (tertiary/aromatic N) is 2. The van der Waals surface area contributed by atoms with Gasteiger partial charge in [0.05, 0.1) is 0 Å². The number of piperazine rings is 1. The fourth-order valence-electron chi connectivity index (χ4n) is 3.38. The Morgan fingerprint density at radius 3 is 2.30 bits per heavy atom. The molecule has 1 heterocycles. The molecule has 1 saturated heterocycles. The Balaban J connectivity index is 1.78. The van der Waals surface area contributed by atoms with E-state index in [1.165, 1.54) is 24.9 Å². The molecule has 0 bridgehead atoms. The summed E-state index contributed by atoms with van der Waals surface area (Å²) in [6, 6.07) is 12.1. The van der Waals surface area contributed by atoms with Crippen molar-refractivity contribution in [1.29, 1.82) is 0 Å². The van der Waals surface area contributed by atoms with E-state index in [2.05, 4.69) is 54.0 Å². The third-order valence-electron chi connectivity index (χ3n) is 4.35. The lowest BCUT2D eigenvalue weighted by Gasteiger charge is -2.44. The number of aryl methyl sites for hydroxylation is 1. The molecule has 0 radical (unpaired) electrons. The Labute approximate surface area is 123 Å². The van der Waals surface area contributed by atoms with Crippen LogP contribution in [0.2, 0.25) is 0 Å². The molecule has 2 N–H and O–H groups in total. The van der Waals surface area contributed by atoms with Gasteiger partial charge in [-0.1, -0.05) is 30.3 Å². The minimum atomic E-state index is 0.640. The summed E-state index contributed by atoms with van der Waals surface area (Å²) in [5, 5.41) is 0. The molecule has 0 aliphatic carbocycles. The van der Waals surface area contributed by atoms with Crippen LogP contribution in [0.4, 0.5) is 0 Å². The van der Waals surface area contributed by atoms with Gasteiger partial charge in [-0.15, -0.1) is 0 Å². The average Bonchev–Trinajstić information content (AvgIpc) is 2.43. The van der Waals surface area contributed by atoms with E-state index in [0.29, 0.717) is 12.1 Å². The molecule has 1 aromatic rings. The minimum Gasteiger partial charge on any atom is -0.329 e. The van der Waals surface area contributed by atoms with Gasteiger partial charge in [-0.2, -0.15) is 0 Å². The molecule has 0 amide bonds. The average molecular weight is 275 g/mol. The molecule has 112 valence electrons. The van der Waals surface area contributed by atoms with Gasteiger partial charge < -0.3 is 5.73 Å². The van der Waals surface area contributed by atoms with E-state index < -0.39 is 0 Å². The number of nitrogens with two attached hydrogens (primary N) is 1. The molecule has 1 aromatic carbocycles. The summed E-state index contributed by atoms with van der Waals surface area (Å²) in [6.45, 7) is 10.0. The second-order valence-corrected chi connectivity index (χ2v) is 6.07. The lowest BCUT2D eigenvalue weighted by Crippen LogP contribution is -2.57. The Bertz CT molecular complexity index is 367. The summed E-state index contributed by atoms with van der Waals surface area (Å²) in [6.07, 6.45) is 2.43. The van der Waals surface area contributed by atoms with E-state index >= 15 is 0 Å². The third kappa shape index (κ3) is 4.30. The van der Waals surface area contributed by atoms with Crippen LogP contribution in [-0.2, 0) is 6.42 Å². The van der Waals surface area contributed by atoms with E-state index in [9.17, 15) is 0 Å². The van der Waals surface area contributed by atoms with Gasteiger partial charge in [0.2, 0.25) is 0 Å². The summed E-state index contributed by atoms with van der Waals surface area (Å²) in [5.41, 5.74) is 7.13. The molecule has 1 aliphatic rings. The SMILES string of the molecule is CC1CN(CCN)CC(C)N1CCCc1ccccc1. The summed E-state index contributed by atoms with van der Waals surface area (Å²) in [5.74, 6) is 0. The number of rotatable bonds is 6. The van der Waals surface area contributed by atoms with Crippen LogP contribution in [0.25, 0.3) is 0 Å². The standard InChI is InChI=1S/C17H29N3/c1-15-13-19(12-10-18)14-16(2)20(15)11-6-9-17-7-4-3-5-8-17/h3-5,7-8,15-16H,6,9-14,18H2,1-2H3. The predicted molar refractivity (Wildman–Crippen MR) is 85.9 cm³/mol. The number of hydrogen-bond acceptors (Lipinski definition) is 3. The molecule has 2 rings (SSSR count). The van der Waals surface area contributed by atoms with Crippen molar-refractivity contribution in [2.75, 3.05) is 32.7 Å². The Morgan fingerprint density at radius 2 is 1.70 bits per heavy atom. The van der Waals surface area contributed by atoms with Crippen molar-refractivity contribution in [3.8, 4) is 0 Å². The highest BCUT2D eigenvalue weighted by Crippen LogP contribution is 2.16. The van der Waals surface area contributed by atoms with Gasteiger partial charge >= 0.3 is 0 Å². The molecule has 2 atom stereocenters. The maximum atomic E-state index is 5.67. The van der Waals surface area contributed by atoms with E-state index in [1.54, 1.807) is 0 Å². The summed E-state index contributed by atoms with van der Waals surface area (Å²) < 4.78 is 0. The van der Waals surface area contributed by atoms with Crippen molar-refractivity contribution in [3.05, 3.63) is 35.9 Å². The maximum Gasteiger partial charge on any atom is 0.0198 e. The first-order valence-electron chi connectivity index (χ1n) is 7.92. The van der Waals surface area contributed by atoms with E-state index in [-0.39, 0.29) is 0 Å². The molecular weight excluding hydrogens is 246 g/mol. The van der Waals surface area contributed by atoms with E-state index in [4.69, 9.17) is 5.73 Å². The van der Waals surface area contributed by atoms with Crippen molar-refractivity contribution >= 4 is 0 Å². The third-order valence-corrected chi connectivity index (χ3v) is 4.35. The molecule has 1 aliphatic heterocycles. The highest BCUT2D eigenvalue weighted by molar-refractivity contribution is 5.14. The molecule has 3 nitrogen and oxygen atoms in total. The summed E-state index contributed by atoms with van der Waals surface area (Å²) >= 11 is 0. The van der Waals surface area contributed by atoms with Crippen LogP contribution in [0.3, 0.4) is 0 Å². The lowest BCUT2D eigenvalue weighted by molar-refractivity contribution is 0.0399. The van der Waals surface area contributed by atoms with E-state index in [1.807, 2.05) is 0 Å². The van der Waals surface area contributed by atoms with Crippen LogP contribution >= 0.6 is 0 Å². The van der Waals surface area contributed by atoms with Gasteiger partial charge in [-0.25, -0.2) is 0 Å². The quantitative estimate of drug-likeness (QED) is 0.861. The molecule has 3 heteroatoms. The van der Waals surface area contributed by atoms with Crippen molar-refractivity contribution in [1.82, 2.24) is 9.80 Å².